The van der Waals surface area contributed by atoms with Crippen LogP contribution in [0.5, 0.6) is 0 Å². The monoisotopic (exact) mass is 286 g/mol. The van der Waals surface area contributed by atoms with E-state index >= 15 is 0 Å². The number of sulfonamides is 1. The number of hydrazine groups is 1. The van der Waals surface area contributed by atoms with Crippen LogP contribution >= 0.6 is 0 Å². The molecule has 8 heteroatoms. The molecule has 19 heavy (non-hydrogen) atoms. The summed E-state index contributed by atoms with van der Waals surface area (Å²) in [6.45, 7) is 4.35. The summed E-state index contributed by atoms with van der Waals surface area (Å²) in [4.78, 5) is 3.94. The first-order valence-corrected chi connectivity index (χ1v) is 7.45. The summed E-state index contributed by atoms with van der Waals surface area (Å²) in [7, 11) is -3.62. The van der Waals surface area contributed by atoms with Gasteiger partial charge in [-0.25, -0.2) is 8.42 Å². The van der Waals surface area contributed by atoms with Gasteiger partial charge in [0.05, 0.1) is 17.9 Å². The molecule has 0 amide bonds. The molecular formula is C11H18N4O3S. The van der Waals surface area contributed by atoms with Gasteiger partial charge >= 0.3 is 0 Å². The molecule has 2 atom stereocenters. The minimum absolute atomic E-state index is 0.0822. The standard InChI is InChI=1S/C11H18N4O3S/c1-8-6-15(7-9(2)18-8)19(16,17)11-5-13-4-3-10(11)14-12/h3-5,8-9H,6-7,12H2,1-2H3,(H,13,14)/t8-,9+. The molecule has 1 aromatic rings. The lowest BCUT2D eigenvalue weighted by Gasteiger charge is -2.34. The third-order valence-corrected chi connectivity index (χ3v) is 4.80. The summed E-state index contributed by atoms with van der Waals surface area (Å²) in [6, 6.07) is 1.53. The van der Waals surface area contributed by atoms with E-state index in [-0.39, 0.29) is 17.1 Å². The summed E-state index contributed by atoms with van der Waals surface area (Å²) in [5, 5.41) is 0. The zero-order chi connectivity index (χ0) is 14.0. The van der Waals surface area contributed by atoms with Gasteiger partial charge in [0.1, 0.15) is 4.90 Å². The lowest BCUT2D eigenvalue weighted by atomic mass is 10.3. The second kappa shape index (κ2) is 5.41. The van der Waals surface area contributed by atoms with Crippen molar-refractivity contribution >= 4 is 15.7 Å². The van der Waals surface area contributed by atoms with Gasteiger partial charge in [0, 0.05) is 25.5 Å². The third-order valence-electron chi connectivity index (χ3n) is 2.94. The fourth-order valence-electron chi connectivity index (χ4n) is 2.17. The Morgan fingerprint density at radius 3 is 2.63 bits per heavy atom. The van der Waals surface area contributed by atoms with Crippen molar-refractivity contribution in [2.24, 2.45) is 5.84 Å². The molecule has 0 aliphatic carbocycles. The molecular weight excluding hydrogens is 268 g/mol. The van der Waals surface area contributed by atoms with Crippen LogP contribution in [0.25, 0.3) is 0 Å². The Kier molecular flexibility index (Phi) is 4.04. The van der Waals surface area contributed by atoms with Crippen molar-refractivity contribution in [2.75, 3.05) is 18.5 Å². The van der Waals surface area contributed by atoms with Gasteiger partial charge in [-0.05, 0) is 19.9 Å². The van der Waals surface area contributed by atoms with Crippen molar-refractivity contribution in [2.45, 2.75) is 31.0 Å². The minimum Gasteiger partial charge on any atom is -0.373 e. The van der Waals surface area contributed by atoms with E-state index in [2.05, 4.69) is 10.4 Å². The molecule has 0 saturated carbocycles. The van der Waals surface area contributed by atoms with E-state index in [4.69, 9.17) is 10.6 Å². The molecule has 2 rings (SSSR count). The summed E-state index contributed by atoms with van der Waals surface area (Å²) in [5.41, 5.74) is 2.72. The molecule has 1 aliphatic heterocycles. The maximum absolute atomic E-state index is 12.6. The average molecular weight is 286 g/mol. The van der Waals surface area contributed by atoms with Crippen LogP contribution in [0.1, 0.15) is 13.8 Å². The minimum atomic E-state index is -3.62. The van der Waals surface area contributed by atoms with Gasteiger partial charge in [0.15, 0.2) is 0 Å². The molecule has 3 N–H and O–H groups in total. The van der Waals surface area contributed by atoms with E-state index in [9.17, 15) is 8.42 Å². The summed E-state index contributed by atoms with van der Waals surface area (Å²) in [6.07, 6.45) is 2.52. The molecule has 1 saturated heterocycles. The van der Waals surface area contributed by atoms with Crippen LogP contribution in [0.3, 0.4) is 0 Å². The number of nitrogens with one attached hydrogen (secondary N) is 1. The Morgan fingerprint density at radius 1 is 1.42 bits per heavy atom. The summed E-state index contributed by atoms with van der Waals surface area (Å²) in [5.74, 6) is 5.35. The van der Waals surface area contributed by atoms with Crippen LogP contribution in [0.15, 0.2) is 23.4 Å². The highest BCUT2D eigenvalue weighted by molar-refractivity contribution is 7.89. The van der Waals surface area contributed by atoms with Crippen LogP contribution in [-0.4, -0.2) is 43.0 Å². The molecule has 2 heterocycles. The first kappa shape index (κ1) is 14.2. The normalized spacial score (nSPS) is 25.2. The fourth-order valence-corrected chi connectivity index (χ4v) is 3.86. The topological polar surface area (TPSA) is 97.6 Å². The molecule has 0 radical (unpaired) electrons. The number of nitrogens with two attached hydrogens (primary N) is 1. The number of nitrogens with zero attached hydrogens (tertiary/aromatic N) is 2. The Bertz CT molecular complexity index is 539. The molecule has 7 nitrogen and oxygen atoms in total. The van der Waals surface area contributed by atoms with Crippen molar-refractivity contribution in [1.29, 1.82) is 0 Å². The molecule has 0 bridgehead atoms. The number of morpholine rings is 1. The Hall–Kier alpha value is -1.22. The maximum atomic E-state index is 12.6. The van der Waals surface area contributed by atoms with Crippen molar-refractivity contribution in [3.05, 3.63) is 18.5 Å². The predicted octanol–water partition coefficient (Wildman–Crippen LogP) is 0.165. The van der Waals surface area contributed by atoms with Crippen molar-refractivity contribution in [3.63, 3.8) is 0 Å². The van der Waals surface area contributed by atoms with E-state index in [0.717, 1.165) is 0 Å². The van der Waals surface area contributed by atoms with E-state index in [1.54, 1.807) is 0 Å². The zero-order valence-electron chi connectivity index (χ0n) is 10.9. The van der Waals surface area contributed by atoms with Gasteiger partial charge < -0.3 is 10.2 Å². The van der Waals surface area contributed by atoms with E-state index in [1.165, 1.54) is 22.8 Å². The highest BCUT2D eigenvalue weighted by Crippen LogP contribution is 2.25. The first-order valence-electron chi connectivity index (χ1n) is 6.01. The van der Waals surface area contributed by atoms with Crippen molar-refractivity contribution in [3.8, 4) is 0 Å². The zero-order valence-corrected chi connectivity index (χ0v) is 11.7. The lowest BCUT2D eigenvalue weighted by molar-refractivity contribution is -0.0440. The van der Waals surface area contributed by atoms with Gasteiger partial charge in [0.25, 0.3) is 0 Å². The molecule has 0 aromatic carbocycles. The van der Waals surface area contributed by atoms with Crippen LogP contribution in [-0.2, 0) is 14.8 Å². The van der Waals surface area contributed by atoms with Crippen LogP contribution in [0, 0.1) is 0 Å². The Morgan fingerprint density at radius 2 is 2.05 bits per heavy atom. The summed E-state index contributed by atoms with van der Waals surface area (Å²) >= 11 is 0. The SMILES string of the molecule is C[C@@H]1CN(S(=O)(=O)c2cnccc2NN)C[C@H](C)O1. The Labute approximate surface area is 112 Å². The highest BCUT2D eigenvalue weighted by Gasteiger charge is 2.33. The smallest absolute Gasteiger partial charge is 0.246 e. The first-order chi connectivity index (χ1) is 8.95. The van der Waals surface area contributed by atoms with Gasteiger partial charge in [0.2, 0.25) is 10.0 Å². The fraction of sp³-hybridized carbons (Fsp3) is 0.545. The maximum Gasteiger partial charge on any atom is 0.246 e. The number of anilines is 1. The largest absolute Gasteiger partial charge is 0.373 e. The number of pyridine rings is 1. The quantitative estimate of drug-likeness (QED) is 0.607. The molecule has 106 valence electrons. The van der Waals surface area contributed by atoms with Gasteiger partial charge in [-0.2, -0.15) is 4.31 Å². The predicted molar refractivity (Wildman–Crippen MR) is 70.8 cm³/mol. The molecule has 0 spiro atoms. The van der Waals surface area contributed by atoms with Crippen molar-refractivity contribution < 1.29 is 13.2 Å². The van der Waals surface area contributed by atoms with Crippen LogP contribution in [0.2, 0.25) is 0 Å². The number of rotatable bonds is 3. The van der Waals surface area contributed by atoms with Gasteiger partial charge in [-0.3, -0.25) is 10.8 Å². The van der Waals surface area contributed by atoms with Crippen molar-refractivity contribution in [1.82, 2.24) is 9.29 Å². The van der Waals surface area contributed by atoms with Gasteiger partial charge in [-0.1, -0.05) is 0 Å². The second-order valence-corrected chi connectivity index (χ2v) is 6.50. The van der Waals surface area contributed by atoms with E-state index < -0.39 is 10.0 Å². The molecule has 0 unspecified atom stereocenters. The Balaban J connectivity index is 2.36. The van der Waals surface area contributed by atoms with E-state index in [1.807, 2.05) is 13.8 Å². The van der Waals surface area contributed by atoms with Gasteiger partial charge in [-0.15, -0.1) is 0 Å². The van der Waals surface area contributed by atoms with Crippen LogP contribution < -0.4 is 11.3 Å². The molecule has 1 aromatic heterocycles. The number of hydrogen-bond acceptors (Lipinski definition) is 6. The second-order valence-electron chi connectivity index (χ2n) is 4.60. The lowest BCUT2D eigenvalue weighted by Crippen LogP contribution is -2.48. The number of hydrogen-bond donors (Lipinski definition) is 2. The number of nitrogen functional groups attached to an aromatic ring is 1. The van der Waals surface area contributed by atoms with Crippen LogP contribution in [0.4, 0.5) is 5.69 Å². The number of ether oxygens (including phenoxy) is 1. The molecule has 1 aliphatic rings. The molecule has 1 fully saturated rings. The highest BCUT2D eigenvalue weighted by atomic mass is 32.2. The third kappa shape index (κ3) is 2.86. The number of aromatic nitrogens is 1. The summed E-state index contributed by atoms with van der Waals surface area (Å²) < 4.78 is 32.1. The average Bonchev–Trinajstić information content (AvgIpc) is 2.37. The van der Waals surface area contributed by atoms with E-state index in [0.29, 0.717) is 18.8 Å².